The van der Waals surface area contributed by atoms with Gasteiger partial charge in [-0.2, -0.15) is 0 Å². The van der Waals surface area contributed by atoms with Crippen molar-refractivity contribution in [2.75, 3.05) is 18.8 Å². The SMILES string of the molecule is CS(Cc1cccc2ccccc12)([O][Sb](=[O])([O]S(C)(Cc1cccc2ccccc12)c1ccc(O)cc1)[O]S(C)(Cc1cccc2ccccc12)c1ccc(O)cc1)c1ccc(O)cc1. The fourth-order valence-electron chi connectivity index (χ4n) is 8.45. The van der Waals surface area contributed by atoms with Crippen molar-refractivity contribution in [3.05, 3.63) is 217 Å². The molecule has 0 spiro atoms. The van der Waals surface area contributed by atoms with Crippen molar-refractivity contribution >= 4 is 83.3 Å². The first-order chi connectivity index (χ1) is 31.3. The van der Waals surface area contributed by atoms with E-state index in [1.807, 2.05) is 110 Å². The van der Waals surface area contributed by atoms with Crippen molar-refractivity contribution in [2.45, 2.75) is 31.9 Å². The van der Waals surface area contributed by atoms with Crippen molar-refractivity contribution in [1.82, 2.24) is 0 Å². The zero-order valence-corrected chi connectivity index (χ0v) is 41.3. The molecule has 0 saturated heterocycles. The summed E-state index contributed by atoms with van der Waals surface area (Å²) in [7, 11) is -7.84. The summed E-state index contributed by atoms with van der Waals surface area (Å²) >= 11 is -6.23. The van der Waals surface area contributed by atoms with Gasteiger partial charge in [0.25, 0.3) is 0 Å². The minimum atomic E-state index is -6.23. The zero-order chi connectivity index (χ0) is 45.2. The van der Waals surface area contributed by atoms with Gasteiger partial charge in [0.05, 0.1) is 0 Å². The van der Waals surface area contributed by atoms with Crippen molar-refractivity contribution in [3.8, 4) is 17.2 Å². The van der Waals surface area contributed by atoms with Crippen LogP contribution in [0.4, 0.5) is 0 Å². The van der Waals surface area contributed by atoms with Gasteiger partial charge in [-0.25, -0.2) is 0 Å². The van der Waals surface area contributed by atoms with E-state index < -0.39 is 51.0 Å². The fraction of sp³-hybridized carbons (Fsp3) is 0.111. The van der Waals surface area contributed by atoms with E-state index in [4.69, 9.17) is 7.38 Å². The number of hydrogen-bond donors (Lipinski definition) is 3. The molecule has 0 aromatic heterocycles. The van der Waals surface area contributed by atoms with E-state index in [9.17, 15) is 15.3 Å². The van der Waals surface area contributed by atoms with E-state index in [2.05, 4.69) is 72.8 Å². The number of phenolic OH excluding ortho intramolecular Hbond substituents is 3. The minimum absolute atomic E-state index is 0.100. The number of benzene rings is 9. The van der Waals surface area contributed by atoms with Gasteiger partial charge in [0.15, 0.2) is 0 Å². The molecule has 3 atom stereocenters. The van der Waals surface area contributed by atoms with Crippen LogP contribution in [0.1, 0.15) is 16.7 Å². The molecule has 0 fully saturated rings. The second-order valence-electron chi connectivity index (χ2n) is 16.5. The Labute approximate surface area is 390 Å². The molecule has 3 unspecified atom stereocenters. The van der Waals surface area contributed by atoms with Crippen molar-refractivity contribution in [3.63, 3.8) is 0 Å². The topological polar surface area (TPSA) is 105 Å². The first-order valence-electron chi connectivity index (χ1n) is 21.1. The maximum atomic E-state index is 17.1. The van der Waals surface area contributed by atoms with Gasteiger partial charge in [0, 0.05) is 0 Å². The number of phenols is 3. The summed E-state index contributed by atoms with van der Waals surface area (Å²) in [4.78, 5) is 2.28. The molecule has 7 nitrogen and oxygen atoms in total. The predicted octanol–water partition coefficient (Wildman–Crippen LogP) is 14.3. The third-order valence-electron chi connectivity index (χ3n) is 11.7. The van der Waals surface area contributed by atoms with Crippen LogP contribution in [0.3, 0.4) is 0 Å². The molecule has 332 valence electrons. The summed E-state index contributed by atoms with van der Waals surface area (Å²) in [6.07, 6.45) is 6.01. The summed E-state index contributed by atoms with van der Waals surface area (Å²) in [6.45, 7) is 0. The number of aromatic hydroxyl groups is 3. The second-order valence-corrected chi connectivity index (χ2v) is 31.7. The van der Waals surface area contributed by atoms with Gasteiger partial charge in [0.1, 0.15) is 0 Å². The van der Waals surface area contributed by atoms with Gasteiger partial charge < -0.3 is 0 Å². The molecule has 0 saturated carbocycles. The summed E-state index contributed by atoms with van der Waals surface area (Å²) < 4.78 is 39.5. The van der Waals surface area contributed by atoms with Crippen LogP contribution in [-0.4, -0.2) is 54.1 Å². The molecule has 9 aromatic carbocycles. The van der Waals surface area contributed by atoms with E-state index in [1.54, 1.807) is 36.4 Å². The van der Waals surface area contributed by atoms with Crippen molar-refractivity contribution in [1.29, 1.82) is 0 Å². The summed E-state index contributed by atoms with van der Waals surface area (Å²) in [5.74, 6) is 1.41. The van der Waals surface area contributed by atoms with Gasteiger partial charge in [0.2, 0.25) is 0 Å². The first-order valence-corrected chi connectivity index (χ1v) is 31.7. The number of fused-ring (bicyclic) bond motifs is 3. The Morgan fingerprint density at radius 3 is 0.877 bits per heavy atom. The van der Waals surface area contributed by atoms with E-state index in [0.29, 0.717) is 17.3 Å². The Morgan fingerprint density at radius 1 is 0.354 bits per heavy atom. The molecule has 0 bridgehead atoms. The van der Waals surface area contributed by atoms with Gasteiger partial charge in [-0.05, 0) is 0 Å². The molecule has 0 aliphatic rings. The molecule has 11 heteroatoms. The van der Waals surface area contributed by atoms with Gasteiger partial charge in [-0.15, -0.1) is 0 Å². The van der Waals surface area contributed by atoms with Gasteiger partial charge >= 0.3 is 394 Å². The van der Waals surface area contributed by atoms with Crippen LogP contribution in [0.5, 0.6) is 17.2 Å². The van der Waals surface area contributed by atoms with Crippen LogP contribution >= 0.6 is 30.9 Å². The normalized spacial score (nSPS) is 17.0. The third kappa shape index (κ3) is 9.81. The van der Waals surface area contributed by atoms with E-state index in [1.165, 1.54) is 0 Å². The molecular formula is C54H51O7S3Sb. The average molecular weight is 1030 g/mol. The molecule has 0 aliphatic carbocycles. The Hall–Kier alpha value is -5.29. The molecular weight excluding hydrogens is 979 g/mol. The third-order valence-corrected chi connectivity index (χ3v) is 32.8. The first kappa shape index (κ1) is 44.9. The predicted molar refractivity (Wildman–Crippen MR) is 272 cm³/mol. The monoisotopic (exact) mass is 1030 g/mol. The van der Waals surface area contributed by atoms with Gasteiger partial charge in [-0.3, -0.25) is 0 Å². The quantitative estimate of drug-likeness (QED) is 0.0879. The van der Waals surface area contributed by atoms with E-state index >= 15 is 3.02 Å². The standard InChI is InChI=1S/3C18H18O2S.O.Sb/c3*1-21(20,17-11-9-16(19)10-12-17)13-15-7-4-6-14-5-2-3-8-18(14)15;;/h3*2-12,19-20H,13H2,1H3;;/q;;;;+3/p-3. The van der Waals surface area contributed by atoms with Crippen LogP contribution in [0.25, 0.3) is 32.3 Å². The molecule has 3 N–H and O–H groups in total. The van der Waals surface area contributed by atoms with E-state index in [0.717, 1.165) is 63.7 Å². The van der Waals surface area contributed by atoms with Crippen LogP contribution in [0.2, 0.25) is 0 Å². The Kier molecular flexibility index (Phi) is 12.8. The van der Waals surface area contributed by atoms with E-state index in [-0.39, 0.29) is 17.2 Å². The summed E-state index contributed by atoms with van der Waals surface area (Å²) in [5.41, 5.74) is 3.03. The van der Waals surface area contributed by atoms with Crippen LogP contribution < -0.4 is 0 Å². The van der Waals surface area contributed by atoms with Crippen LogP contribution in [0, 0.1) is 0 Å². The van der Waals surface area contributed by atoms with Crippen LogP contribution in [-0.2, 0) is 27.7 Å². The van der Waals surface area contributed by atoms with Crippen LogP contribution in [0.15, 0.2) is 215 Å². The number of rotatable bonds is 15. The van der Waals surface area contributed by atoms with Crippen molar-refractivity contribution in [2.24, 2.45) is 0 Å². The average Bonchev–Trinajstić information content (AvgIpc) is 3.29. The van der Waals surface area contributed by atoms with Crippen molar-refractivity contribution < 1.29 is 25.7 Å². The second kappa shape index (κ2) is 18.5. The summed E-state index contributed by atoms with van der Waals surface area (Å²) in [6, 6.07) is 64.0. The Bertz CT molecular complexity index is 2830. The number of hydrogen-bond acceptors (Lipinski definition) is 7. The fourth-order valence-corrected chi connectivity index (χ4v) is 31.4. The Morgan fingerprint density at radius 2 is 0.600 bits per heavy atom. The molecule has 0 radical (unpaired) electrons. The molecule has 9 rings (SSSR count). The van der Waals surface area contributed by atoms with Gasteiger partial charge in [-0.1, -0.05) is 0 Å². The molecule has 0 amide bonds. The maximum absolute atomic E-state index is 17.1. The summed E-state index contributed by atoms with van der Waals surface area (Å²) in [5, 5.41) is 38.0. The molecule has 0 aliphatic heterocycles. The molecule has 0 heterocycles. The molecule has 65 heavy (non-hydrogen) atoms. The molecule has 9 aromatic rings. The zero-order valence-electron chi connectivity index (χ0n) is 36.3. The Balaban J connectivity index is 1.25.